The fraction of sp³-hybridized carbons (Fsp3) is 0.562. The van der Waals surface area contributed by atoms with E-state index in [-0.39, 0.29) is 12.5 Å². The minimum Gasteiger partial charge on any atom is -0.483 e. The summed E-state index contributed by atoms with van der Waals surface area (Å²) in [5.41, 5.74) is 2.18. The van der Waals surface area contributed by atoms with Gasteiger partial charge in [0.05, 0.1) is 0 Å². The first-order valence-electron chi connectivity index (χ1n) is 7.42. The molecule has 1 saturated carbocycles. The summed E-state index contributed by atoms with van der Waals surface area (Å²) < 4.78 is 5.74. The fourth-order valence-corrected chi connectivity index (χ4v) is 2.09. The first kappa shape index (κ1) is 14.9. The second-order valence-electron chi connectivity index (χ2n) is 5.37. The Morgan fingerprint density at radius 3 is 2.90 bits per heavy atom. The van der Waals surface area contributed by atoms with Crippen LogP contribution in [0.2, 0.25) is 0 Å². The Morgan fingerprint density at radius 1 is 1.40 bits per heavy atom. The maximum Gasteiger partial charge on any atom is 0.258 e. The third kappa shape index (κ3) is 4.53. The summed E-state index contributed by atoms with van der Waals surface area (Å²) in [5.74, 6) is 0.810. The van der Waals surface area contributed by atoms with Crippen LogP contribution in [0.3, 0.4) is 0 Å². The molecular formula is C16H24N2O2. The summed E-state index contributed by atoms with van der Waals surface area (Å²) >= 11 is 0. The van der Waals surface area contributed by atoms with Crippen LogP contribution < -0.4 is 15.4 Å². The van der Waals surface area contributed by atoms with Crippen LogP contribution in [0.4, 0.5) is 0 Å². The van der Waals surface area contributed by atoms with Crippen molar-refractivity contribution in [3.8, 4) is 5.75 Å². The predicted molar refractivity (Wildman–Crippen MR) is 79.8 cm³/mol. The number of carbonyl (C=O) groups excluding carboxylic acids is 1. The van der Waals surface area contributed by atoms with E-state index in [4.69, 9.17) is 4.74 Å². The van der Waals surface area contributed by atoms with Crippen LogP contribution in [-0.4, -0.2) is 25.1 Å². The maximum absolute atomic E-state index is 11.7. The van der Waals surface area contributed by atoms with Crippen LogP contribution in [0.1, 0.15) is 37.3 Å². The number of para-hydroxylation sites is 1. The van der Waals surface area contributed by atoms with Gasteiger partial charge in [0.2, 0.25) is 0 Å². The number of ether oxygens (including phenoxy) is 1. The van der Waals surface area contributed by atoms with Gasteiger partial charge in [-0.05, 0) is 38.3 Å². The van der Waals surface area contributed by atoms with Gasteiger partial charge in [-0.3, -0.25) is 4.79 Å². The number of rotatable bonds is 8. The molecule has 2 rings (SSSR count). The topological polar surface area (TPSA) is 50.4 Å². The standard InChI is InChI=1S/C16H24N2O2/c1-3-9-17-10-13-6-4-5-12(2)16(13)20-11-15(19)18-14-7-8-14/h4-6,14,17H,3,7-11H2,1-2H3,(H,18,19). The van der Waals surface area contributed by atoms with Crippen molar-refractivity contribution in [2.45, 2.75) is 45.7 Å². The van der Waals surface area contributed by atoms with E-state index in [1.807, 2.05) is 25.1 Å². The van der Waals surface area contributed by atoms with Crippen LogP contribution >= 0.6 is 0 Å². The fourth-order valence-electron chi connectivity index (χ4n) is 2.09. The van der Waals surface area contributed by atoms with Crippen LogP contribution in [0.15, 0.2) is 18.2 Å². The van der Waals surface area contributed by atoms with Crippen molar-refractivity contribution in [1.29, 1.82) is 0 Å². The molecular weight excluding hydrogens is 252 g/mol. The SMILES string of the molecule is CCCNCc1cccc(C)c1OCC(=O)NC1CC1. The highest BCUT2D eigenvalue weighted by atomic mass is 16.5. The molecule has 1 fully saturated rings. The number of amides is 1. The van der Waals surface area contributed by atoms with E-state index >= 15 is 0 Å². The third-order valence-corrected chi connectivity index (χ3v) is 3.33. The summed E-state index contributed by atoms with van der Waals surface area (Å²) in [7, 11) is 0. The van der Waals surface area contributed by atoms with Gasteiger partial charge in [-0.1, -0.05) is 25.1 Å². The Balaban J connectivity index is 1.91. The van der Waals surface area contributed by atoms with Crippen molar-refractivity contribution in [2.24, 2.45) is 0 Å². The lowest BCUT2D eigenvalue weighted by Gasteiger charge is -2.14. The Kier molecular flexibility index (Phi) is 5.41. The van der Waals surface area contributed by atoms with E-state index in [0.29, 0.717) is 6.04 Å². The summed E-state index contributed by atoms with van der Waals surface area (Å²) in [6.45, 7) is 6.01. The zero-order valence-electron chi connectivity index (χ0n) is 12.4. The van der Waals surface area contributed by atoms with Gasteiger partial charge in [0.1, 0.15) is 5.75 Å². The first-order chi connectivity index (χ1) is 9.70. The van der Waals surface area contributed by atoms with E-state index in [0.717, 1.165) is 49.2 Å². The molecule has 0 radical (unpaired) electrons. The number of nitrogens with one attached hydrogen (secondary N) is 2. The molecule has 2 N–H and O–H groups in total. The summed E-state index contributed by atoms with van der Waals surface area (Å²) in [5, 5.41) is 6.30. The maximum atomic E-state index is 11.7. The van der Waals surface area contributed by atoms with Gasteiger partial charge >= 0.3 is 0 Å². The number of carbonyl (C=O) groups is 1. The number of benzene rings is 1. The molecule has 1 amide bonds. The number of hydrogen-bond acceptors (Lipinski definition) is 3. The van der Waals surface area contributed by atoms with Crippen molar-refractivity contribution >= 4 is 5.91 Å². The molecule has 1 aliphatic carbocycles. The van der Waals surface area contributed by atoms with Gasteiger partial charge in [0.15, 0.2) is 6.61 Å². The van der Waals surface area contributed by atoms with Gasteiger partial charge in [-0.2, -0.15) is 0 Å². The van der Waals surface area contributed by atoms with Crippen molar-refractivity contribution in [3.63, 3.8) is 0 Å². The molecule has 0 spiro atoms. The van der Waals surface area contributed by atoms with E-state index < -0.39 is 0 Å². The molecule has 1 aromatic rings. The molecule has 110 valence electrons. The van der Waals surface area contributed by atoms with E-state index in [1.54, 1.807) is 0 Å². The third-order valence-electron chi connectivity index (χ3n) is 3.33. The highest BCUT2D eigenvalue weighted by molar-refractivity contribution is 5.78. The zero-order chi connectivity index (χ0) is 14.4. The Morgan fingerprint density at radius 2 is 2.20 bits per heavy atom. The van der Waals surface area contributed by atoms with Crippen molar-refractivity contribution in [1.82, 2.24) is 10.6 Å². The van der Waals surface area contributed by atoms with Crippen LogP contribution in [0.25, 0.3) is 0 Å². The largest absolute Gasteiger partial charge is 0.483 e. The molecule has 4 nitrogen and oxygen atoms in total. The second kappa shape index (κ2) is 7.29. The Hall–Kier alpha value is -1.55. The smallest absolute Gasteiger partial charge is 0.258 e. The van der Waals surface area contributed by atoms with Crippen molar-refractivity contribution in [3.05, 3.63) is 29.3 Å². The van der Waals surface area contributed by atoms with Crippen LogP contribution in [0.5, 0.6) is 5.75 Å². The molecule has 4 heteroatoms. The minimum absolute atomic E-state index is 0.0248. The van der Waals surface area contributed by atoms with Crippen LogP contribution in [0, 0.1) is 6.92 Å². The number of hydrogen-bond donors (Lipinski definition) is 2. The molecule has 20 heavy (non-hydrogen) atoms. The molecule has 0 atom stereocenters. The van der Waals surface area contributed by atoms with E-state index in [9.17, 15) is 4.79 Å². The van der Waals surface area contributed by atoms with Gasteiger partial charge in [0, 0.05) is 18.2 Å². The van der Waals surface area contributed by atoms with Gasteiger partial charge in [-0.25, -0.2) is 0 Å². The monoisotopic (exact) mass is 276 g/mol. The molecule has 0 aliphatic heterocycles. The van der Waals surface area contributed by atoms with Crippen molar-refractivity contribution in [2.75, 3.05) is 13.2 Å². The first-order valence-corrected chi connectivity index (χ1v) is 7.42. The van der Waals surface area contributed by atoms with E-state index in [1.165, 1.54) is 0 Å². The van der Waals surface area contributed by atoms with E-state index in [2.05, 4.69) is 17.6 Å². The number of aryl methyl sites for hydroxylation is 1. The summed E-state index contributed by atoms with van der Waals surface area (Å²) in [6.07, 6.45) is 3.30. The Labute approximate surface area is 120 Å². The van der Waals surface area contributed by atoms with Crippen LogP contribution in [-0.2, 0) is 11.3 Å². The molecule has 0 heterocycles. The lowest BCUT2D eigenvalue weighted by atomic mass is 10.1. The molecule has 0 saturated heterocycles. The van der Waals surface area contributed by atoms with Gasteiger partial charge in [0.25, 0.3) is 5.91 Å². The molecule has 1 aromatic carbocycles. The lowest BCUT2D eigenvalue weighted by molar-refractivity contribution is -0.123. The molecule has 0 bridgehead atoms. The highest BCUT2D eigenvalue weighted by Gasteiger charge is 2.23. The van der Waals surface area contributed by atoms with Gasteiger partial charge < -0.3 is 15.4 Å². The average Bonchev–Trinajstić information content (AvgIpc) is 3.22. The van der Waals surface area contributed by atoms with Gasteiger partial charge in [-0.15, -0.1) is 0 Å². The summed E-state index contributed by atoms with van der Waals surface area (Å²) in [4.78, 5) is 11.7. The molecule has 0 unspecified atom stereocenters. The second-order valence-corrected chi connectivity index (χ2v) is 5.37. The normalized spacial score (nSPS) is 14.1. The minimum atomic E-state index is -0.0248. The zero-order valence-corrected chi connectivity index (χ0v) is 12.4. The summed E-state index contributed by atoms with van der Waals surface area (Å²) in [6, 6.07) is 6.46. The molecule has 0 aromatic heterocycles. The van der Waals surface area contributed by atoms with Crippen molar-refractivity contribution < 1.29 is 9.53 Å². The highest BCUT2D eigenvalue weighted by Crippen LogP contribution is 2.23. The lowest BCUT2D eigenvalue weighted by Crippen LogP contribution is -2.30. The quantitative estimate of drug-likeness (QED) is 0.715. The predicted octanol–water partition coefficient (Wildman–Crippen LogP) is 2.15. The Bertz CT molecular complexity index is 456. The molecule has 1 aliphatic rings. The average molecular weight is 276 g/mol.